The molecule has 0 saturated carbocycles. The third-order valence-electron chi connectivity index (χ3n) is 5.50. The van der Waals surface area contributed by atoms with Crippen molar-refractivity contribution in [1.29, 1.82) is 0 Å². The van der Waals surface area contributed by atoms with Gasteiger partial charge < -0.3 is 0 Å². The molecule has 0 atom stereocenters. The van der Waals surface area contributed by atoms with E-state index in [0.717, 1.165) is 11.1 Å². The molecular formula is C28H24N4O2. The van der Waals surface area contributed by atoms with Gasteiger partial charge >= 0.3 is 0 Å². The molecule has 6 nitrogen and oxygen atoms in total. The second-order valence-electron chi connectivity index (χ2n) is 8.02. The van der Waals surface area contributed by atoms with Crippen molar-refractivity contribution in [3.05, 3.63) is 95.3 Å². The molecule has 168 valence electrons. The summed E-state index contributed by atoms with van der Waals surface area (Å²) in [5, 5.41) is 9.02. The van der Waals surface area contributed by atoms with Gasteiger partial charge in [-0.15, -0.1) is 10.2 Å². The molecule has 34 heavy (non-hydrogen) atoms. The third-order valence-corrected chi connectivity index (χ3v) is 5.50. The number of nitrogens with zero attached hydrogens (tertiary/aromatic N) is 4. The largest absolute Gasteiger partial charge is 0.294 e. The number of hydrogen-bond donors (Lipinski definition) is 0. The maximum atomic E-state index is 12.2. The fraction of sp³-hybridized carbons (Fsp3) is 0.143. The third kappa shape index (κ3) is 4.71. The van der Waals surface area contributed by atoms with Crippen LogP contribution in [0.5, 0.6) is 0 Å². The molecule has 0 aliphatic carbocycles. The average molecular weight is 449 g/mol. The molecule has 2 aromatic carbocycles. The van der Waals surface area contributed by atoms with E-state index in [0.29, 0.717) is 45.3 Å². The molecule has 4 rings (SSSR count). The molecule has 2 aromatic heterocycles. The molecule has 0 aliphatic rings. The van der Waals surface area contributed by atoms with Crippen molar-refractivity contribution in [1.82, 2.24) is 9.97 Å². The minimum Gasteiger partial charge on any atom is -0.294 e. The Balaban J connectivity index is 1.91. The van der Waals surface area contributed by atoms with Crippen molar-refractivity contribution in [2.24, 2.45) is 10.2 Å². The number of ketones is 2. The molecule has 0 bridgehead atoms. The summed E-state index contributed by atoms with van der Waals surface area (Å²) in [6.45, 7) is 6.62. The summed E-state index contributed by atoms with van der Waals surface area (Å²) in [7, 11) is 0. The van der Waals surface area contributed by atoms with Crippen LogP contribution in [0.15, 0.2) is 83.0 Å². The number of carbonyl (C=O) groups excluding carboxylic acids is 2. The van der Waals surface area contributed by atoms with Gasteiger partial charge in [-0.1, -0.05) is 60.7 Å². The standard InChI is InChI=1S/C28H24N4O2/c1-17-23(19(3)33)15-25(27(29-17)21-11-7-5-8-12-21)31-32-26-16-24(20(4)34)18(2)30-28(26)22-13-9-6-10-14-22/h5-16H,1-4H3. The molecule has 0 amide bonds. The number of azo groups is 1. The zero-order chi connectivity index (χ0) is 24.2. The Morgan fingerprint density at radius 1 is 0.618 bits per heavy atom. The molecule has 0 aliphatic heterocycles. The molecule has 0 radical (unpaired) electrons. The van der Waals surface area contributed by atoms with Crippen LogP contribution in [0.1, 0.15) is 46.0 Å². The quantitative estimate of drug-likeness (QED) is 0.230. The minimum atomic E-state index is -0.0955. The van der Waals surface area contributed by atoms with E-state index in [-0.39, 0.29) is 11.6 Å². The highest BCUT2D eigenvalue weighted by atomic mass is 16.1. The average Bonchev–Trinajstić information content (AvgIpc) is 2.84. The van der Waals surface area contributed by atoms with E-state index in [4.69, 9.17) is 0 Å². The Morgan fingerprint density at radius 2 is 0.971 bits per heavy atom. The predicted octanol–water partition coefficient (Wildman–Crippen LogP) is 7.25. The lowest BCUT2D eigenvalue weighted by molar-refractivity contribution is 0.100. The molecular weight excluding hydrogens is 424 g/mol. The fourth-order valence-corrected chi connectivity index (χ4v) is 3.78. The van der Waals surface area contributed by atoms with Crippen LogP contribution in [-0.4, -0.2) is 21.5 Å². The lowest BCUT2D eigenvalue weighted by atomic mass is 10.0. The summed E-state index contributed by atoms with van der Waals surface area (Å²) in [5.74, 6) is -0.191. The normalized spacial score (nSPS) is 11.1. The predicted molar refractivity (Wildman–Crippen MR) is 133 cm³/mol. The second-order valence-corrected chi connectivity index (χ2v) is 8.02. The summed E-state index contributed by atoms with van der Waals surface area (Å²) in [5.41, 5.74) is 6.15. The van der Waals surface area contributed by atoms with E-state index in [2.05, 4.69) is 20.2 Å². The Labute approximate surface area is 198 Å². The van der Waals surface area contributed by atoms with Gasteiger partial charge in [0.2, 0.25) is 0 Å². The zero-order valence-corrected chi connectivity index (χ0v) is 19.5. The lowest BCUT2D eigenvalue weighted by Gasteiger charge is -2.11. The van der Waals surface area contributed by atoms with E-state index >= 15 is 0 Å². The number of aryl methyl sites for hydroxylation is 2. The van der Waals surface area contributed by atoms with Crippen LogP contribution in [0.2, 0.25) is 0 Å². The first kappa shape index (κ1) is 22.9. The first-order valence-electron chi connectivity index (χ1n) is 10.9. The van der Waals surface area contributed by atoms with Gasteiger partial charge in [0.25, 0.3) is 0 Å². The maximum absolute atomic E-state index is 12.2. The van der Waals surface area contributed by atoms with Gasteiger partial charge in [-0.05, 0) is 39.8 Å². The topological polar surface area (TPSA) is 84.6 Å². The summed E-state index contributed by atoms with van der Waals surface area (Å²) >= 11 is 0. The van der Waals surface area contributed by atoms with Gasteiger partial charge in [0.1, 0.15) is 11.4 Å². The van der Waals surface area contributed by atoms with Crippen LogP contribution in [0.4, 0.5) is 11.4 Å². The first-order chi connectivity index (χ1) is 16.3. The van der Waals surface area contributed by atoms with Crippen molar-refractivity contribution >= 4 is 22.9 Å². The van der Waals surface area contributed by atoms with Crippen molar-refractivity contribution in [3.8, 4) is 22.5 Å². The van der Waals surface area contributed by atoms with Gasteiger partial charge in [0, 0.05) is 33.6 Å². The molecule has 0 fully saturated rings. The van der Waals surface area contributed by atoms with Crippen LogP contribution in [-0.2, 0) is 0 Å². The maximum Gasteiger partial charge on any atom is 0.161 e. The van der Waals surface area contributed by atoms with E-state index in [9.17, 15) is 9.59 Å². The highest BCUT2D eigenvalue weighted by Gasteiger charge is 2.16. The summed E-state index contributed by atoms with van der Waals surface area (Å²) in [6, 6.07) is 22.7. The van der Waals surface area contributed by atoms with E-state index in [1.54, 1.807) is 26.0 Å². The second kappa shape index (κ2) is 9.67. The fourth-order valence-electron chi connectivity index (χ4n) is 3.78. The number of carbonyl (C=O) groups is 2. The number of pyridine rings is 2. The smallest absolute Gasteiger partial charge is 0.161 e. The number of benzene rings is 2. The Morgan fingerprint density at radius 3 is 1.29 bits per heavy atom. The number of hydrogen-bond acceptors (Lipinski definition) is 6. The first-order valence-corrected chi connectivity index (χ1v) is 10.9. The minimum absolute atomic E-state index is 0.0955. The summed E-state index contributed by atoms with van der Waals surface area (Å²) in [6.07, 6.45) is 0. The molecule has 6 heteroatoms. The number of rotatable bonds is 6. The highest BCUT2D eigenvalue weighted by Crippen LogP contribution is 2.35. The van der Waals surface area contributed by atoms with Crippen molar-refractivity contribution < 1.29 is 9.59 Å². The highest BCUT2D eigenvalue weighted by molar-refractivity contribution is 5.97. The Kier molecular flexibility index (Phi) is 6.50. The van der Waals surface area contributed by atoms with Gasteiger partial charge in [-0.25, -0.2) is 0 Å². The van der Waals surface area contributed by atoms with E-state index < -0.39 is 0 Å². The van der Waals surface area contributed by atoms with E-state index in [1.807, 2.05) is 60.7 Å². The van der Waals surface area contributed by atoms with E-state index in [1.165, 1.54) is 13.8 Å². The lowest BCUT2D eigenvalue weighted by Crippen LogP contribution is -2.01. The Bertz CT molecular complexity index is 1300. The summed E-state index contributed by atoms with van der Waals surface area (Å²) in [4.78, 5) is 33.7. The molecule has 4 aromatic rings. The van der Waals surface area contributed by atoms with Crippen molar-refractivity contribution in [2.75, 3.05) is 0 Å². The summed E-state index contributed by atoms with van der Waals surface area (Å²) < 4.78 is 0. The van der Waals surface area contributed by atoms with Crippen LogP contribution >= 0.6 is 0 Å². The van der Waals surface area contributed by atoms with Gasteiger partial charge in [0.05, 0.1) is 11.4 Å². The monoisotopic (exact) mass is 448 g/mol. The Hall–Kier alpha value is -4.32. The molecule has 0 unspecified atom stereocenters. The van der Waals surface area contributed by atoms with Gasteiger partial charge in [-0.2, -0.15) is 0 Å². The molecule has 0 spiro atoms. The van der Waals surface area contributed by atoms with Crippen molar-refractivity contribution in [3.63, 3.8) is 0 Å². The van der Waals surface area contributed by atoms with Gasteiger partial charge in [0.15, 0.2) is 11.6 Å². The van der Waals surface area contributed by atoms with Crippen molar-refractivity contribution in [2.45, 2.75) is 27.7 Å². The van der Waals surface area contributed by atoms with Crippen LogP contribution in [0.25, 0.3) is 22.5 Å². The molecule has 0 N–H and O–H groups in total. The zero-order valence-electron chi connectivity index (χ0n) is 19.5. The molecule has 0 saturated heterocycles. The number of Topliss-reactive ketones (excluding diaryl/α,β-unsaturated/α-hetero) is 2. The van der Waals surface area contributed by atoms with Crippen LogP contribution in [0, 0.1) is 13.8 Å². The van der Waals surface area contributed by atoms with Crippen LogP contribution < -0.4 is 0 Å². The van der Waals surface area contributed by atoms with Crippen LogP contribution in [0.3, 0.4) is 0 Å². The molecule has 2 heterocycles. The van der Waals surface area contributed by atoms with Gasteiger partial charge in [-0.3, -0.25) is 19.6 Å². The SMILES string of the molecule is CC(=O)c1cc(N=Nc2cc(C(C)=O)c(C)nc2-c2ccccc2)c(-c2ccccc2)nc1C. The number of aromatic nitrogens is 2.